The first-order chi connectivity index (χ1) is 25.1. The summed E-state index contributed by atoms with van der Waals surface area (Å²) in [6, 6.07) is 51.2. The van der Waals surface area contributed by atoms with Crippen LogP contribution in [0.15, 0.2) is 144 Å². The van der Waals surface area contributed by atoms with Crippen molar-refractivity contribution in [3.05, 3.63) is 156 Å². The van der Waals surface area contributed by atoms with Crippen molar-refractivity contribution in [2.24, 2.45) is 0 Å². The van der Waals surface area contributed by atoms with Gasteiger partial charge in [0.15, 0.2) is 0 Å². The first-order valence-corrected chi connectivity index (χ1v) is 19.0. The second-order valence-corrected chi connectivity index (χ2v) is 15.8. The summed E-state index contributed by atoms with van der Waals surface area (Å²) in [6.07, 6.45) is 2.40. The van der Waals surface area contributed by atoms with Gasteiger partial charge in [-0.05, 0) is 128 Å². The first-order valence-electron chi connectivity index (χ1n) is 17.4. The highest BCUT2D eigenvalue weighted by Gasteiger charge is 2.19. The van der Waals surface area contributed by atoms with Crippen LogP contribution in [0.4, 0.5) is 0 Å². The van der Waals surface area contributed by atoms with E-state index in [-0.39, 0.29) is 0 Å². The van der Waals surface area contributed by atoms with E-state index in [2.05, 4.69) is 159 Å². The van der Waals surface area contributed by atoms with E-state index in [1.54, 1.807) is 0 Å². The lowest BCUT2D eigenvalue weighted by Gasteiger charge is -2.18. The second kappa shape index (κ2) is 10.9. The Morgan fingerprint density at radius 1 is 0.510 bits per heavy atom. The van der Waals surface area contributed by atoms with Crippen LogP contribution in [0.25, 0.3) is 107 Å². The van der Waals surface area contributed by atoms with Crippen LogP contribution in [0.2, 0.25) is 0 Å². The summed E-state index contributed by atoms with van der Waals surface area (Å²) in [5, 5.41) is 13.9. The van der Waals surface area contributed by atoms with Gasteiger partial charge in [-0.3, -0.25) is 0 Å². The summed E-state index contributed by atoms with van der Waals surface area (Å²) in [6.45, 7) is 4.53. The van der Waals surface area contributed by atoms with Crippen LogP contribution in [0.5, 0.6) is 0 Å². The van der Waals surface area contributed by atoms with E-state index in [1.165, 1.54) is 95.3 Å². The van der Waals surface area contributed by atoms with Gasteiger partial charge in [0.1, 0.15) is 11.2 Å². The highest BCUT2D eigenvalue weighted by Crippen LogP contribution is 2.46. The van der Waals surface area contributed by atoms with Gasteiger partial charge in [-0.15, -0.1) is 22.7 Å². The van der Waals surface area contributed by atoms with Crippen molar-refractivity contribution in [2.45, 2.75) is 13.8 Å². The van der Waals surface area contributed by atoms with Gasteiger partial charge in [0.25, 0.3) is 0 Å². The SMILES string of the molecule is C/C(=C\c1sc2ccccc2c1C)c1c2ccccc2c(-c2ccc3oc4cc5ccc6sc7ccccc7c6c5cc4c3c2)c2ccccc12. The Labute approximate surface area is 302 Å². The fourth-order valence-corrected chi connectivity index (χ4v) is 10.8. The number of allylic oxidation sites excluding steroid dienone is 1. The fraction of sp³-hybridized carbons (Fsp3) is 0.0417. The lowest BCUT2D eigenvalue weighted by Crippen LogP contribution is -1.92. The molecule has 240 valence electrons. The van der Waals surface area contributed by atoms with E-state index in [4.69, 9.17) is 4.42 Å². The molecule has 0 N–H and O–H groups in total. The molecule has 3 aromatic heterocycles. The van der Waals surface area contributed by atoms with Crippen molar-refractivity contribution in [1.82, 2.24) is 0 Å². The van der Waals surface area contributed by atoms with E-state index in [1.807, 2.05) is 22.7 Å². The summed E-state index contributed by atoms with van der Waals surface area (Å²) < 4.78 is 10.5. The Balaban J connectivity index is 1.16. The molecule has 0 atom stereocenters. The maximum absolute atomic E-state index is 6.54. The molecule has 8 aromatic carbocycles. The van der Waals surface area contributed by atoms with Gasteiger partial charge in [0.05, 0.1) is 0 Å². The third-order valence-corrected chi connectivity index (χ3v) is 13.1. The van der Waals surface area contributed by atoms with Crippen molar-refractivity contribution in [3.63, 3.8) is 0 Å². The van der Waals surface area contributed by atoms with Crippen molar-refractivity contribution in [1.29, 1.82) is 0 Å². The summed E-state index contributed by atoms with van der Waals surface area (Å²) >= 11 is 3.75. The smallest absolute Gasteiger partial charge is 0.136 e. The van der Waals surface area contributed by atoms with Crippen LogP contribution < -0.4 is 0 Å². The number of benzene rings is 8. The molecule has 0 spiro atoms. The van der Waals surface area contributed by atoms with Crippen molar-refractivity contribution in [2.75, 3.05) is 0 Å². The minimum absolute atomic E-state index is 0.915. The van der Waals surface area contributed by atoms with Gasteiger partial charge < -0.3 is 4.42 Å². The predicted molar refractivity (Wildman–Crippen MR) is 225 cm³/mol. The number of hydrogen-bond acceptors (Lipinski definition) is 3. The predicted octanol–water partition coefficient (Wildman–Crippen LogP) is 15.2. The van der Waals surface area contributed by atoms with Crippen molar-refractivity contribution < 1.29 is 4.42 Å². The number of aryl methyl sites for hydroxylation is 1. The third kappa shape index (κ3) is 4.26. The maximum atomic E-state index is 6.54. The molecule has 0 radical (unpaired) electrons. The van der Waals surface area contributed by atoms with Crippen molar-refractivity contribution in [3.8, 4) is 11.1 Å². The van der Waals surface area contributed by atoms with Crippen LogP contribution in [-0.4, -0.2) is 0 Å². The molecular formula is C48H30OS2. The highest BCUT2D eigenvalue weighted by molar-refractivity contribution is 7.26. The zero-order chi connectivity index (χ0) is 33.8. The molecule has 0 aliphatic heterocycles. The van der Waals surface area contributed by atoms with Crippen LogP contribution in [-0.2, 0) is 0 Å². The summed E-state index contributed by atoms with van der Waals surface area (Å²) in [5.74, 6) is 0. The van der Waals surface area contributed by atoms with E-state index in [0.29, 0.717) is 0 Å². The molecule has 11 rings (SSSR count). The second-order valence-electron chi connectivity index (χ2n) is 13.7. The number of rotatable bonds is 3. The molecule has 11 aromatic rings. The molecule has 1 nitrogen and oxygen atoms in total. The number of fused-ring (bicyclic) bond motifs is 11. The Morgan fingerprint density at radius 3 is 1.86 bits per heavy atom. The fourth-order valence-electron chi connectivity index (χ4n) is 8.44. The number of hydrogen-bond donors (Lipinski definition) is 0. The normalized spacial score (nSPS) is 12.6. The Hall–Kier alpha value is -5.74. The molecule has 0 saturated carbocycles. The summed E-state index contributed by atoms with van der Waals surface area (Å²) in [4.78, 5) is 1.32. The zero-order valence-electron chi connectivity index (χ0n) is 28.1. The topological polar surface area (TPSA) is 13.1 Å². The van der Waals surface area contributed by atoms with Crippen LogP contribution in [0, 0.1) is 6.92 Å². The third-order valence-electron chi connectivity index (χ3n) is 10.8. The van der Waals surface area contributed by atoms with Gasteiger partial charge >= 0.3 is 0 Å². The lowest BCUT2D eigenvalue weighted by atomic mass is 9.85. The minimum Gasteiger partial charge on any atom is -0.456 e. The Bertz CT molecular complexity index is 3220. The van der Waals surface area contributed by atoms with Crippen molar-refractivity contribution >= 4 is 119 Å². The number of thiophene rings is 2. The zero-order valence-corrected chi connectivity index (χ0v) is 29.7. The average molecular weight is 687 g/mol. The lowest BCUT2D eigenvalue weighted by molar-refractivity contribution is 0.669. The highest BCUT2D eigenvalue weighted by atomic mass is 32.1. The van der Waals surface area contributed by atoms with E-state index in [0.717, 1.165) is 21.9 Å². The van der Waals surface area contributed by atoms with Crippen LogP contribution in [0.3, 0.4) is 0 Å². The maximum Gasteiger partial charge on any atom is 0.136 e. The molecule has 0 bridgehead atoms. The monoisotopic (exact) mass is 686 g/mol. The standard InChI is InChI=1S/C48H30OS2/c1-27(23-45-28(2)31-11-7-9-17-42(31)51-45)46-32-12-3-5-14-34(32)47(35-15-6-4-13-33(35)46)30-19-21-40-38(24-30)39-26-37-29(25-41(39)49-40)20-22-44-48(37)36-16-8-10-18-43(36)50-44/h3-26H,1-2H3/b27-23+. The summed E-state index contributed by atoms with van der Waals surface area (Å²) in [5.41, 5.74) is 8.23. The van der Waals surface area contributed by atoms with Gasteiger partial charge in [-0.2, -0.15) is 0 Å². The van der Waals surface area contributed by atoms with E-state index >= 15 is 0 Å². The molecule has 0 amide bonds. The van der Waals surface area contributed by atoms with Gasteiger partial charge in [0, 0.05) is 40.5 Å². The van der Waals surface area contributed by atoms with Crippen LogP contribution >= 0.6 is 22.7 Å². The molecule has 0 aliphatic rings. The minimum atomic E-state index is 0.915. The Morgan fingerprint density at radius 2 is 1.14 bits per heavy atom. The van der Waals surface area contributed by atoms with E-state index < -0.39 is 0 Å². The molecule has 51 heavy (non-hydrogen) atoms. The number of furan rings is 1. The molecule has 0 aliphatic carbocycles. The van der Waals surface area contributed by atoms with E-state index in [9.17, 15) is 0 Å². The quantitative estimate of drug-likeness (QED) is 0.169. The molecule has 3 heteroatoms. The largest absolute Gasteiger partial charge is 0.456 e. The van der Waals surface area contributed by atoms with Gasteiger partial charge in [0.2, 0.25) is 0 Å². The van der Waals surface area contributed by atoms with Crippen LogP contribution in [0.1, 0.15) is 22.9 Å². The Kier molecular flexibility index (Phi) is 6.19. The van der Waals surface area contributed by atoms with Gasteiger partial charge in [-0.1, -0.05) is 97.1 Å². The first kappa shape index (κ1) is 29.0. The molecule has 3 heterocycles. The average Bonchev–Trinajstić information content (AvgIpc) is 3.83. The molecule has 0 unspecified atom stereocenters. The molecular weight excluding hydrogens is 657 g/mol. The molecule has 0 fully saturated rings. The van der Waals surface area contributed by atoms with Gasteiger partial charge in [-0.25, -0.2) is 0 Å². The summed E-state index contributed by atoms with van der Waals surface area (Å²) in [7, 11) is 0. The molecule has 0 saturated heterocycles.